The predicted octanol–water partition coefficient (Wildman–Crippen LogP) is -0.0791. The summed E-state index contributed by atoms with van der Waals surface area (Å²) >= 11 is 0. The van der Waals surface area contributed by atoms with Gasteiger partial charge in [-0.2, -0.15) is 0 Å². The van der Waals surface area contributed by atoms with Gasteiger partial charge in [0, 0.05) is 13.1 Å². The maximum absolute atomic E-state index is 5.60. The van der Waals surface area contributed by atoms with E-state index in [-0.39, 0.29) is 0 Å². The highest BCUT2D eigenvalue weighted by atomic mass is 15.4. The fraction of sp³-hybridized carbons (Fsp3) is 1.00. The van der Waals surface area contributed by atoms with Crippen LogP contribution in [0.25, 0.3) is 0 Å². The molecule has 1 heterocycles. The van der Waals surface area contributed by atoms with Crippen molar-refractivity contribution in [1.29, 1.82) is 0 Å². The van der Waals surface area contributed by atoms with Crippen molar-refractivity contribution in [3.8, 4) is 0 Å². The number of piperidine rings is 1. The molecule has 0 aromatic rings. The molecule has 0 aromatic heterocycles. The van der Waals surface area contributed by atoms with E-state index in [2.05, 4.69) is 0 Å². The molecule has 0 atom stereocenters. The van der Waals surface area contributed by atoms with Gasteiger partial charge in [0.1, 0.15) is 0 Å². The SMILES string of the molecule is NCCC1CCN(N)CC1. The van der Waals surface area contributed by atoms with Crippen LogP contribution in [0.2, 0.25) is 0 Å². The van der Waals surface area contributed by atoms with E-state index in [1.54, 1.807) is 0 Å². The number of rotatable bonds is 2. The van der Waals surface area contributed by atoms with E-state index < -0.39 is 0 Å². The van der Waals surface area contributed by atoms with Gasteiger partial charge in [-0.25, -0.2) is 5.01 Å². The van der Waals surface area contributed by atoms with Gasteiger partial charge in [0.2, 0.25) is 0 Å². The molecule has 1 aliphatic rings. The quantitative estimate of drug-likeness (QED) is 0.532. The molecular weight excluding hydrogens is 126 g/mol. The van der Waals surface area contributed by atoms with Crippen LogP contribution >= 0.6 is 0 Å². The Kier molecular flexibility index (Phi) is 3.12. The molecule has 4 N–H and O–H groups in total. The highest BCUT2D eigenvalue weighted by molar-refractivity contribution is 4.68. The summed E-state index contributed by atoms with van der Waals surface area (Å²) in [6.07, 6.45) is 3.63. The van der Waals surface area contributed by atoms with Crippen molar-refractivity contribution >= 4 is 0 Å². The van der Waals surface area contributed by atoms with E-state index in [1.165, 1.54) is 19.3 Å². The highest BCUT2D eigenvalue weighted by Gasteiger charge is 2.15. The Morgan fingerprint density at radius 1 is 1.30 bits per heavy atom. The molecular formula is C7H17N3. The molecule has 0 spiro atoms. The Morgan fingerprint density at radius 3 is 2.40 bits per heavy atom. The summed E-state index contributed by atoms with van der Waals surface area (Å²) in [7, 11) is 0. The molecule has 3 nitrogen and oxygen atoms in total. The monoisotopic (exact) mass is 143 g/mol. The van der Waals surface area contributed by atoms with Gasteiger partial charge in [0.25, 0.3) is 0 Å². The molecule has 0 aliphatic carbocycles. The summed E-state index contributed by atoms with van der Waals surface area (Å²) in [5.41, 5.74) is 5.45. The van der Waals surface area contributed by atoms with Crippen LogP contribution in [0.5, 0.6) is 0 Å². The van der Waals surface area contributed by atoms with Crippen molar-refractivity contribution in [3.05, 3.63) is 0 Å². The van der Waals surface area contributed by atoms with E-state index in [4.69, 9.17) is 11.6 Å². The maximum Gasteiger partial charge on any atom is 0.0131 e. The Labute approximate surface area is 62.3 Å². The number of hydrazine groups is 1. The third-order valence-electron chi connectivity index (χ3n) is 2.22. The van der Waals surface area contributed by atoms with E-state index in [0.717, 1.165) is 25.6 Å². The lowest BCUT2D eigenvalue weighted by Gasteiger charge is -2.27. The molecule has 0 aromatic carbocycles. The minimum atomic E-state index is 0.829. The molecule has 0 radical (unpaired) electrons. The van der Waals surface area contributed by atoms with Crippen LogP contribution in [0, 0.1) is 5.92 Å². The van der Waals surface area contributed by atoms with Crippen molar-refractivity contribution in [2.75, 3.05) is 19.6 Å². The lowest BCUT2D eigenvalue weighted by atomic mass is 9.94. The Hall–Kier alpha value is -0.120. The zero-order chi connectivity index (χ0) is 7.40. The van der Waals surface area contributed by atoms with Crippen molar-refractivity contribution in [2.45, 2.75) is 19.3 Å². The van der Waals surface area contributed by atoms with Crippen LogP contribution in [0.15, 0.2) is 0 Å². The van der Waals surface area contributed by atoms with Crippen molar-refractivity contribution in [2.24, 2.45) is 17.5 Å². The molecule has 3 heteroatoms. The molecule has 1 aliphatic heterocycles. The van der Waals surface area contributed by atoms with E-state index in [1.807, 2.05) is 5.01 Å². The lowest BCUT2D eigenvalue weighted by molar-refractivity contribution is 0.183. The van der Waals surface area contributed by atoms with Crippen molar-refractivity contribution < 1.29 is 0 Å². The summed E-state index contributed by atoms with van der Waals surface area (Å²) in [5.74, 6) is 6.43. The molecule has 0 amide bonds. The second-order valence-electron chi connectivity index (χ2n) is 3.06. The van der Waals surface area contributed by atoms with Crippen LogP contribution in [0.1, 0.15) is 19.3 Å². The summed E-state index contributed by atoms with van der Waals surface area (Å²) in [5, 5.41) is 1.90. The molecule has 0 saturated carbocycles. The average Bonchev–Trinajstić information content (AvgIpc) is 1.95. The molecule has 0 unspecified atom stereocenters. The van der Waals surface area contributed by atoms with Crippen LogP contribution < -0.4 is 11.6 Å². The van der Waals surface area contributed by atoms with Gasteiger partial charge in [-0.15, -0.1) is 0 Å². The fourth-order valence-electron chi connectivity index (χ4n) is 1.48. The Morgan fingerprint density at radius 2 is 1.90 bits per heavy atom. The van der Waals surface area contributed by atoms with Crippen LogP contribution in [0.3, 0.4) is 0 Å². The van der Waals surface area contributed by atoms with E-state index >= 15 is 0 Å². The van der Waals surface area contributed by atoms with Gasteiger partial charge in [-0.3, -0.25) is 5.84 Å². The van der Waals surface area contributed by atoms with Gasteiger partial charge < -0.3 is 5.73 Å². The zero-order valence-electron chi connectivity index (χ0n) is 6.42. The highest BCUT2D eigenvalue weighted by Crippen LogP contribution is 2.17. The minimum absolute atomic E-state index is 0.829. The summed E-state index contributed by atoms with van der Waals surface area (Å²) in [4.78, 5) is 0. The van der Waals surface area contributed by atoms with Gasteiger partial charge in [-0.05, 0) is 31.7 Å². The average molecular weight is 143 g/mol. The number of hydrogen-bond acceptors (Lipinski definition) is 3. The Bertz CT molecular complexity index is 86.9. The number of hydrogen-bond donors (Lipinski definition) is 2. The third kappa shape index (κ3) is 2.25. The molecule has 60 valence electrons. The summed E-state index contributed by atoms with van der Waals surface area (Å²) in [6.45, 7) is 2.92. The standard InChI is InChI=1S/C7H17N3/c8-4-1-7-2-5-10(9)6-3-7/h7H,1-6,8-9H2. The summed E-state index contributed by atoms with van der Waals surface area (Å²) < 4.78 is 0. The zero-order valence-corrected chi connectivity index (χ0v) is 6.42. The van der Waals surface area contributed by atoms with Crippen molar-refractivity contribution in [3.63, 3.8) is 0 Å². The second-order valence-corrected chi connectivity index (χ2v) is 3.06. The maximum atomic E-state index is 5.60. The van der Waals surface area contributed by atoms with Gasteiger partial charge >= 0.3 is 0 Å². The van der Waals surface area contributed by atoms with Crippen molar-refractivity contribution in [1.82, 2.24) is 5.01 Å². The molecule has 1 saturated heterocycles. The van der Waals surface area contributed by atoms with Gasteiger partial charge in [0.15, 0.2) is 0 Å². The molecule has 0 bridgehead atoms. The molecule has 1 rings (SSSR count). The van der Waals surface area contributed by atoms with Crippen LogP contribution in [0.4, 0.5) is 0 Å². The number of nitrogens with two attached hydrogens (primary N) is 2. The third-order valence-corrected chi connectivity index (χ3v) is 2.22. The topological polar surface area (TPSA) is 55.3 Å². The molecule has 1 fully saturated rings. The first kappa shape index (κ1) is 7.98. The van der Waals surface area contributed by atoms with E-state index in [9.17, 15) is 0 Å². The first-order valence-corrected chi connectivity index (χ1v) is 4.02. The van der Waals surface area contributed by atoms with Crippen LogP contribution in [-0.2, 0) is 0 Å². The fourth-order valence-corrected chi connectivity index (χ4v) is 1.48. The summed E-state index contributed by atoms with van der Waals surface area (Å²) in [6, 6.07) is 0. The first-order valence-electron chi connectivity index (χ1n) is 4.02. The lowest BCUT2D eigenvalue weighted by Crippen LogP contribution is -2.39. The van der Waals surface area contributed by atoms with E-state index in [0.29, 0.717) is 0 Å². The second kappa shape index (κ2) is 3.91. The number of nitrogens with zero attached hydrogens (tertiary/aromatic N) is 1. The minimum Gasteiger partial charge on any atom is -0.330 e. The largest absolute Gasteiger partial charge is 0.330 e. The first-order chi connectivity index (χ1) is 4.83. The normalized spacial score (nSPS) is 23.4. The van der Waals surface area contributed by atoms with Gasteiger partial charge in [0.05, 0.1) is 0 Å². The smallest absolute Gasteiger partial charge is 0.0131 e. The molecule has 10 heavy (non-hydrogen) atoms. The Balaban J connectivity index is 2.13. The predicted molar refractivity (Wildman–Crippen MR) is 42.2 cm³/mol. The van der Waals surface area contributed by atoms with Crippen LogP contribution in [-0.4, -0.2) is 24.6 Å². The van der Waals surface area contributed by atoms with Gasteiger partial charge in [-0.1, -0.05) is 0 Å².